The molecule has 0 bridgehead atoms. The largest absolute Gasteiger partial charge is 0.378 e. The second kappa shape index (κ2) is 7.61. The quantitative estimate of drug-likeness (QED) is 0.852. The van der Waals surface area contributed by atoms with Crippen LogP contribution in [0.3, 0.4) is 0 Å². The highest BCUT2D eigenvalue weighted by Gasteiger charge is 2.19. The van der Waals surface area contributed by atoms with Gasteiger partial charge in [0.15, 0.2) is 0 Å². The van der Waals surface area contributed by atoms with Crippen molar-refractivity contribution < 1.29 is 9.13 Å². The van der Waals surface area contributed by atoms with Gasteiger partial charge in [0, 0.05) is 12.6 Å². The Morgan fingerprint density at radius 1 is 1.42 bits per heavy atom. The van der Waals surface area contributed by atoms with E-state index in [1.165, 1.54) is 18.9 Å². The van der Waals surface area contributed by atoms with Gasteiger partial charge in [-0.05, 0) is 56.3 Å². The molecular weight excluding hydrogens is 241 g/mol. The molecule has 1 fully saturated rings. The fourth-order valence-corrected chi connectivity index (χ4v) is 2.79. The van der Waals surface area contributed by atoms with Gasteiger partial charge in [0.1, 0.15) is 5.82 Å². The standard InChI is InChI=1S/C16H24FNO/c1-2-18-15(12-16-8-3-4-9-19-16)11-13-6-5-7-14(17)10-13/h5-7,10,15-16,18H,2-4,8-9,11-12H2,1H3. The van der Waals surface area contributed by atoms with Crippen LogP contribution in [0.25, 0.3) is 0 Å². The maximum absolute atomic E-state index is 13.2. The first kappa shape index (κ1) is 14.5. The van der Waals surface area contributed by atoms with E-state index >= 15 is 0 Å². The summed E-state index contributed by atoms with van der Waals surface area (Å²) in [5.74, 6) is -0.151. The number of hydrogen-bond donors (Lipinski definition) is 1. The number of benzene rings is 1. The molecule has 2 unspecified atom stereocenters. The Kier molecular flexibility index (Phi) is 5.80. The minimum absolute atomic E-state index is 0.151. The summed E-state index contributed by atoms with van der Waals surface area (Å²) in [4.78, 5) is 0. The monoisotopic (exact) mass is 265 g/mol. The smallest absolute Gasteiger partial charge is 0.123 e. The van der Waals surface area contributed by atoms with Crippen molar-refractivity contribution in [1.29, 1.82) is 0 Å². The predicted molar refractivity (Wildman–Crippen MR) is 75.8 cm³/mol. The summed E-state index contributed by atoms with van der Waals surface area (Å²) < 4.78 is 19.0. The Morgan fingerprint density at radius 2 is 2.32 bits per heavy atom. The summed E-state index contributed by atoms with van der Waals surface area (Å²) in [5.41, 5.74) is 1.06. The van der Waals surface area contributed by atoms with E-state index in [1.807, 2.05) is 6.07 Å². The Labute approximate surface area is 115 Å². The summed E-state index contributed by atoms with van der Waals surface area (Å²) in [6, 6.07) is 7.28. The van der Waals surface area contributed by atoms with Gasteiger partial charge in [-0.25, -0.2) is 4.39 Å². The first-order chi connectivity index (χ1) is 9.28. The van der Waals surface area contributed by atoms with E-state index in [9.17, 15) is 4.39 Å². The van der Waals surface area contributed by atoms with E-state index < -0.39 is 0 Å². The zero-order valence-corrected chi connectivity index (χ0v) is 11.7. The first-order valence-corrected chi connectivity index (χ1v) is 7.37. The molecule has 1 aliphatic heterocycles. The zero-order chi connectivity index (χ0) is 13.5. The van der Waals surface area contributed by atoms with Crippen LogP contribution in [0, 0.1) is 5.82 Å². The second-order valence-corrected chi connectivity index (χ2v) is 5.31. The highest BCUT2D eigenvalue weighted by molar-refractivity contribution is 5.17. The molecule has 0 amide bonds. The van der Waals surface area contributed by atoms with Crippen LogP contribution in [0.4, 0.5) is 4.39 Å². The molecule has 1 aromatic carbocycles. The first-order valence-electron chi connectivity index (χ1n) is 7.37. The zero-order valence-electron chi connectivity index (χ0n) is 11.7. The van der Waals surface area contributed by atoms with Gasteiger partial charge in [-0.3, -0.25) is 0 Å². The minimum atomic E-state index is -0.151. The molecule has 0 aromatic heterocycles. The molecular formula is C16H24FNO. The Hall–Kier alpha value is -0.930. The van der Waals surface area contributed by atoms with E-state index in [4.69, 9.17) is 4.74 Å². The normalized spacial score (nSPS) is 21.3. The van der Waals surface area contributed by atoms with Crippen molar-refractivity contribution in [3.8, 4) is 0 Å². The van der Waals surface area contributed by atoms with Crippen molar-refractivity contribution in [3.05, 3.63) is 35.6 Å². The molecule has 1 aromatic rings. The van der Waals surface area contributed by atoms with Crippen molar-refractivity contribution in [2.45, 2.75) is 51.2 Å². The number of rotatable bonds is 6. The summed E-state index contributed by atoms with van der Waals surface area (Å²) in [5, 5.41) is 3.50. The van der Waals surface area contributed by atoms with Gasteiger partial charge in [-0.1, -0.05) is 19.1 Å². The van der Waals surface area contributed by atoms with Crippen LogP contribution in [0.15, 0.2) is 24.3 Å². The third kappa shape index (κ3) is 4.92. The molecule has 106 valence electrons. The van der Waals surface area contributed by atoms with Crippen LogP contribution in [-0.2, 0) is 11.2 Å². The topological polar surface area (TPSA) is 21.3 Å². The molecule has 0 spiro atoms. The lowest BCUT2D eigenvalue weighted by molar-refractivity contribution is 0.00535. The lowest BCUT2D eigenvalue weighted by atomic mass is 9.97. The molecule has 1 N–H and O–H groups in total. The van der Waals surface area contributed by atoms with Crippen LogP contribution >= 0.6 is 0 Å². The average molecular weight is 265 g/mol. The van der Waals surface area contributed by atoms with Gasteiger partial charge in [-0.2, -0.15) is 0 Å². The summed E-state index contributed by atoms with van der Waals surface area (Å²) in [6.07, 6.45) is 5.86. The van der Waals surface area contributed by atoms with Gasteiger partial charge in [-0.15, -0.1) is 0 Å². The molecule has 1 saturated heterocycles. The van der Waals surface area contributed by atoms with Crippen molar-refractivity contribution in [2.75, 3.05) is 13.2 Å². The molecule has 2 atom stereocenters. The van der Waals surface area contributed by atoms with Gasteiger partial charge < -0.3 is 10.1 Å². The van der Waals surface area contributed by atoms with E-state index in [-0.39, 0.29) is 5.82 Å². The van der Waals surface area contributed by atoms with Gasteiger partial charge >= 0.3 is 0 Å². The predicted octanol–water partition coefficient (Wildman–Crippen LogP) is 3.31. The van der Waals surface area contributed by atoms with E-state index in [0.717, 1.165) is 38.0 Å². The van der Waals surface area contributed by atoms with Crippen LogP contribution in [-0.4, -0.2) is 25.3 Å². The molecule has 1 aliphatic rings. The third-order valence-corrected chi connectivity index (χ3v) is 3.69. The Morgan fingerprint density at radius 3 is 3.00 bits per heavy atom. The number of likely N-dealkylation sites (N-methyl/N-ethyl adjacent to an activating group) is 1. The number of hydrogen-bond acceptors (Lipinski definition) is 2. The minimum Gasteiger partial charge on any atom is -0.378 e. The van der Waals surface area contributed by atoms with E-state index in [2.05, 4.69) is 12.2 Å². The van der Waals surface area contributed by atoms with Crippen LogP contribution in [0.5, 0.6) is 0 Å². The average Bonchev–Trinajstić information content (AvgIpc) is 2.40. The lowest BCUT2D eigenvalue weighted by Gasteiger charge is -2.27. The Bertz CT molecular complexity index is 377. The molecule has 2 nitrogen and oxygen atoms in total. The molecule has 19 heavy (non-hydrogen) atoms. The molecule has 0 saturated carbocycles. The highest BCUT2D eigenvalue weighted by atomic mass is 19.1. The number of halogens is 1. The van der Waals surface area contributed by atoms with E-state index in [1.54, 1.807) is 12.1 Å². The fourth-order valence-electron chi connectivity index (χ4n) is 2.79. The van der Waals surface area contributed by atoms with E-state index in [0.29, 0.717) is 12.1 Å². The maximum atomic E-state index is 13.2. The van der Waals surface area contributed by atoms with Crippen LogP contribution in [0.1, 0.15) is 38.2 Å². The molecule has 2 rings (SSSR count). The number of ether oxygens (including phenoxy) is 1. The fraction of sp³-hybridized carbons (Fsp3) is 0.625. The van der Waals surface area contributed by atoms with Crippen LogP contribution in [0.2, 0.25) is 0 Å². The molecule has 1 heterocycles. The molecule has 3 heteroatoms. The van der Waals surface area contributed by atoms with Crippen molar-refractivity contribution in [1.82, 2.24) is 5.32 Å². The molecule has 0 aliphatic carbocycles. The molecule has 0 radical (unpaired) electrons. The summed E-state index contributed by atoms with van der Waals surface area (Å²) in [7, 11) is 0. The van der Waals surface area contributed by atoms with Crippen molar-refractivity contribution in [3.63, 3.8) is 0 Å². The number of nitrogens with one attached hydrogen (secondary N) is 1. The van der Waals surface area contributed by atoms with Crippen LogP contribution < -0.4 is 5.32 Å². The van der Waals surface area contributed by atoms with Crippen molar-refractivity contribution in [2.24, 2.45) is 0 Å². The Balaban J connectivity index is 1.91. The maximum Gasteiger partial charge on any atom is 0.123 e. The third-order valence-electron chi connectivity index (χ3n) is 3.69. The van der Waals surface area contributed by atoms with Gasteiger partial charge in [0.05, 0.1) is 6.10 Å². The summed E-state index contributed by atoms with van der Waals surface area (Å²) in [6.45, 7) is 3.94. The van der Waals surface area contributed by atoms with Gasteiger partial charge in [0.2, 0.25) is 0 Å². The highest BCUT2D eigenvalue weighted by Crippen LogP contribution is 2.19. The SMILES string of the molecule is CCNC(Cc1cccc(F)c1)CC1CCCCO1. The summed E-state index contributed by atoms with van der Waals surface area (Å²) >= 11 is 0. The van der Waals surface area contributed by atoms with Gasteiger partial charge in [0.25, 0.3) is 0 Å². The second-order valence-electron chi connectivity index (χ2n) is 5.31. The lowest BCUT2D eigenvalue weighted by Crippen LogP contribution is -2.36. The van der Waals surface area contributed by atoms with Crippen molar-refractivity contribution >= 4 is 0 Å².